The Hall–Kier alpha value is -6.73. The lowest BCUT2D eigenvalue weighted by atomic mass is 9.58. The van der Waals surface area contributed by atoms with Gasteiger partial charge in [0.05, 0.1) is 19.1 Å². The molecule has 9 rings (SSSR count). The highest BCUT2D eigenvalue weighted by Gasteiger charge is 2.59. The van der Waals surface area contributed by atoms with E-state index in [0.29, 0.717) is 70.1 Å². The van der Waals surface area contributed by atoms with Crippen LogP contribution in [0.3, 0.4) is 0 Å². The van der Waals surface area contributed by atoms with Crippen LogP contribution in [0.5, 0.6) is 0 Å². The van der Waals surface area contributed by atoms with E-state index < -0.39 is 168 Å². The first-order chi connectivity index (χ1) is 50.2. The molecule has 8 fully saturated rings. The van der Waals surface area contributed by atoms with Crippen molar-refractivity contribution in [2.24, 2.45) is 46.8 Å². The number of nitrogens with one attached hydrogen (secondary N) is 3. The van der Waals surface area contributed by atoms with Crippen molar-refractivity contribution in [1.29, 1.82) is 0 Å². The van der Waals surface area contributed by atoms with Gasteiger partial charge in [-0.25, -0.2) is 4.39 Å². The van der Waals surface area contributed by atoms with E-state index >= 15 is 52.3 Å². The number of halogens is 1. The van der Waals surface area contributed by atoms with Crippen LogP contribution in [0, 0.1) is 46.8 Å². The lowest BCUT2D eigenvalue weighted by Crippen LogP contribution is -2.71. The Labute approximate surface area is 630 Å². The standard InChI is InChI=1S/C80H129FN12O13/c1-15-24-60-70(97)83-68(50(5)16-2)76(103)92(55-35-36-55)46-67(96)88(12)61-29-19-18-22-38-91(75(61)102)64(41-51-32-30-49(4)31-33-51)74(101)86(10)45-65(94)82-59(37-34-52-39-54-27-23-28-57(54)58(81)40-52)72(99)93-44-56(106-17-3)42-62(93)71(98)84-80(47-79(6,7)48-80)78(105)90(14)69(53-25-20-21-26-53)77(104)89(13)63(73(100)85(8)9)43-66(95)87(60)11/h18-19,49-64,68-69H,15-17,20-48H2,1-14H3,(H,82,94)(H,83,97)(H,84,98)/b19-18-/t49?,50-,51?,52?,54?,56+,57?,58?,59-,60-,61-,62-,63-,64-,68-,69-/m0/s1. The van der Waals surface area contributed by atoms with Gasteiger partial charge in [-0.2, -0.15) is 0 Å². The molecule has 106 heavy (non-hydrogen) atoms. The van der Waals surface area contributed by atoms with Crippen LogP contribution in [0.2, 0.25) is 0 Å². The summed E-state index contributed by atoms with van der Waals surface area (Å²) in [6, 6.07) is -9.87. The maximum Gasteiger partial charge on any atom is 0.248 e. The van der Waals surface area contributed by atoms with E-state index in [4.69, 9.17) is 4.74 Å². The molecule has 12 amide bonds. The van der Waals surface area contributed by atoms with E-state index in [9.17, 15) is 9.59 Å². The molecular formula is C80H129FN12O13. The summed E-state index contributed by atoms with van der Waals surface area (Å²) < 4.78 is 22.2. The number of ether oxygens (including phenoxy) is 1. The van der Waals surface area contributed by atoms with E-state index in [-0.39, 0.29) is 93.9 Å². The Morgan fingerprint density at radius 3 is 1.96 bits per heavy atom. The summed E-state index contributed by atoms with van der Waals surface area (Å²) in [4.78, 5) is 196. The molecule has 2 bridgehead atoms. The number of hydrogen-bond acceptors (Lipinski definition) is 13. The molecule has 3 N–H and O–H groups in total. The van der Waals surface area contributed by atoms with Gasteiger partial charge in [-0.05, 0) is 150 Å². The Kier molecular flexibility index (Phi) is 28.4. The lowest BCUT2D eigenvalue weighted by molar-refractivity contribution is -0.161. The molecule has 3 aliphatic heterocycles. The molecule has 14 atom stereocenters. The topological polar surface area (TPSA) is 279 Å². The summed E-state index contributed by atoms with van der Waals surface area (Å²) in [5.74, 6) is -7.11. The zero-order valence-electron chi connectivity index (χ0n) is 66.4. The predicted molar refractivity (Wildman–Crippen MR) is 399 cm³/mol. The summed E-state index contributed by atoms with van der Waals surface area (Å²) in [5, 5.41) is 9.19. The molecule has 1 spiro atoms. The third-order valence-corrected chi connectivity index (χ3v) is 25.9. The van der Waals surface area contributed by atoms with E-state index in [1.54, 1.807) is 4.90 Å². The number of carbonyl (C=O) groups is 12. The Balaban J connectivity index is 1.11. The van der Waals surface area contributed by atoms with Crippen molar-refractivity contribution in [2.75, 3.05) is 82.1 Å². The van der Waals surface area contributed by atoms with Gasteiger partial charge in [0.2, 0.25) is 70.9 Å². The van der Waals surface area contributed by atoms with Crippen molar-refractivity contribution in [2.45, 2.75) is 294 Å². The van der Waals surface area contributed by atoms with Crippen LogP contribution in [0.4, 0.5) is 4.39 Å². The third kappa shape index (κ3) is 19.5. The number of rotatable bonds is 14. The van der Waals surface area contributed by atoms with Crippen LogP contribution >= 0.6 is 0 Å². The van der Waals surface area contributed by atoms with E-state index in [1.807, 2.05) is 53.7 Å². The fraction of sp³-hybridized carbons (Fsp3) is 0.825. The smallest absolute Gasteiger partial charge is 0.248 e. The summed E-state index contributed by atoms with van der Waals surface area (Å²) >= 11 is 0. The summed E-state index contributed by atoms with van der Waals surface area (Å²) in [6.07, 6.45) is 15.4. The molecule has 25 nitrogen and oxygen atoms in total. The first-order valence-corrected chi connectivity index (χ1v) is 40.5. The molecule has 6 aliphatic carbocycles. The number of carbonyl (C=O) groups excluding carboxylic acids is 12. The van der Waals surface area contributed by atoms with Crippen LogP contribution in [0.1, 0.15) is 222 Å². The molecule has 9 aliphatic rings. The number of likely N-dealkylation sites (N-methyl/N-ethyl adjacent to an activating group) is 6. The third-order valence-electron chi connectivity index (χ3n) is 25.9. The van der Waals surface area contributed by atoms with Crippen molar-refractivity contribution < 1.29 is 66.7 Å². The minimum atomic E-state index is -1.58. The number of alkyl halides is 1. The molecule has 0 aromatic carbocycles. The van der Waals surface area contributed by atoms with Gasteiger partial charge in [-0.15, -0.1) is 0 Å². The maximum absolute atomic E-state index is 16.0. The average Bonchev–Trinajstić information content (AvgIpc) is 0.955. The van der Waals surface area contributed by atoms with Gasteiger partial charge >= 0.3 is 0 Å². The first-order valence-electron chi connectivity index (χ1n) is 40.5. The fourth-order valence-corrected chi connectivity index (χ4v) is 19.5. The summed E-state index contributed by atoms with van der Waals surface area (Å²) in [5.41, 5.74) is -2.05. The molecule has 2 saturated heterocycles. The average molecular weight is 1490 g/mol. The van der Waals surface area contributed by atoms with Crippen molar-refractivity contribution >= 4 is 70.9 Å². The number of hydrogen-bond donors (Lipinski definition) is 3. The Bertz CT molecular complexity index is 3200. The van der Waals surface area contributed by atoms with Crippen LogP contribution in [0.15, 0.2) is 12.2 Å². The molecular weight excluding hydrogens is 1360 g/mol. The zero-order valence-corrected chi connectivity index (χ0v) is 66.4. The van der Waals surface area contributed by atoms with Gasteiger partial charge in [-0.1, -0.05) is 118 Å². The monoisotopic (exact) mass is 1480 g/mol. The molecule has 0 aromatic heterocycles. The second-order valence-electron chi connectivity index (χ2n) is 34.6. The molecule has 3 heterocycles. The molecule has 4 unspecified atom stereocenters. The highest BCUT2D eigenvalue weighted by atomic mass is 19.1. The quantitative estimate of drug-likeness (QED) is 0.154. The second kappa shape index (κ2) is 36.2. The molecule has 0 aromatic rings. The largest absolute Gasteiger partial charge is 0.377 e. The van der Waals surface area contributed by atoms with E-state index in [2.05, 4.69) is 22.9 Å². The van der Waals surface area contributed by atoms with Gasteiger partial charge in [0.1, 0.15) is 66.6 Å². The molecule has 6 saturated carbocycles. The van der Waals surface area contributed by atoms with E-state index in [1.165, 1.54) is 88.5 Å². The van der Waals surface area contributed by atoms with Crippen molar-refractivity contribution in [3.05, 3.63) is 12.2 Å². The highest BCUT2D eigenvalue weighted by Crippen LogP contribution is 2.50. The highest BCUT2D eigenvalue weighted by molar-refractivity contribution is 6.01. The predicted octanol–water partition coefficient (Wildman–Crippen LogP) is 6.63. The minimum Gasteiger partial charge on any atom is -0.377 e. The Morgan fingerprint density at radius 1 is 0.651 bits per heavy atom. The van der Waals surface area contributed by atoms with Gasteiger partial charge < -0.3 is 64.8 Å². The van der Waals surface area contributed by atoms with Crippen LogP contribution in [0.25, 0.3) is 0 Å². The molecule has 26 heteroatoms. The number of amides is 12. The van der Waals surface area contributed by atoms with Crippen molar-refractivity contribution in [1.82, 2.24) is 60.0 Å². The SMILES string of the molecule is CCC[C@H]1C(=O)N[C@@H]([C@@H](C)CC)C(=O)N(C2CC2)CC(=O)N(C)[C@H]2C/C=C\CCN(C2=O)[C@@H](CC2CCC(C)CC2)C(=O)N(C)CC(=O)N[C@@H](CCC2CC(F)C3CCCC3C2)C(=O)N2C[C@H](OCC)C[C@H]2C(=O)NC2(CC(C)(C)C2)C(=O)N(C)[C@@H](C2CCCC2)C(=O)N(C)[C@H](C(=O)N(C)C)CC(=O)N1C. The van der Waals surface area contributed by atoms with Gasteiger partial charge in [-0.3, -0.25) is 57.5 Å². The van der Waals surface area contributed by atoms with Crippen LogP contribution in [-0.4, -0.2) is 269 Å². The van der Waals surface area contributed by atoms with Gasteiger partial charge in [0.15, 0.2) is 0 Å². The zero-order chi connectivity index (χ0) is 77.4. The molecule has 594 valence electrons. The molecule has 0 radical (unpaired) electrons. The summed E-state index contributed by atoms with van der Waals surface area (Å²) in [7, 11) is 10.5. The van der Waals surface area contributed by atoms with Gasteiger partial charge in [0, 0.05) is 81.5 Å². The van der Waals surface area contributed by atoms with Crippen molar-refractivity contribution in [3.8, 4) is 0 Å². The number of nitrogens with zero attached hydrogens (tertiary/aromatic N) is 9. The Morgan fingerprint density at radius 2 is 1.33 bits per heavy atom. The maximum atomic E-state index is 16.0. The fourth-order valence-electron chi connectivity index (χ4n) is 19.5. The summed E-state index contributed by atoms with van der Waals surface area (Å²) in [6.45, 7) is 12.9. The van der Waals surface area contributed by atoms with Gasteiger partial charge in [0.25, 0.3) is 0 Å². The van der Waals surface area contributed by atoms with E-state index in [0.717, 1.165) is 64.2 Å². The second-order valence-corrected chi connectivity index (χ2v) is 34.6. The van der Waals surface area contributed by atoms with Crippen LogP contribution < -0.4 is 16.0 Å². The minimum absolute atomic E-state index is 0.00444. The number of fused-ring (bicyclic) bond motifs is 4. The first kappa shape index (κ1) is 83.3. The normalized spacial score (nSPS) is 33.7. The lowest BCUT2D eigenvalue weighted by Gasteiger charge is -2.54. The van der Waals surface area contributed by atoms with Crippen LogP contribution in [-0.2, 0) is 62.3 Å². The van der Waals surface area contributed by atoms with Crippen molar-refractivity contribution in [3.63, 3.8) is 0 Å².